The average Bonchev–Trinajstić information content (AvgIpc) is 3.27. The number of aromatic nitrogens is 2. The quantitative estimate of drug-likeness (QED) is 0.409. The van der Waals surface area contributed by atoms with Crippen LogP contribution in [0.5, 0.6) is 0 Å². The van der Waals surface area contributed by atoms with Crippen molar-refractivity contribution in [1.29, 1.82) is 0 Å². The Balaban J connectivity index is 1.62. The summed E-state index contributed by atoms with van der Waals surface area (Å²) in [7, 11) is 0. The van der Waals surface area contributed by atoms with Gasteiger partial charge in [0.25, 0.3) is 5.56 Å². The van der Waals surface area contributed by atoms with E-state index in [1.54, 1.807) is 45.0 Å². The Bertz CT molecular complexity index is 1270. The lowest BCUT2D eigenvalue weighted by molar-refractivity contribution is -0.147. The minimum Gasteiger partial charge on any atom is -0.444 e. The molecule has 14 heteroatoms. The maximum absolute atomic E-state index is 14.5. The summed E-state index contributed by atoms with van der Waals surface area (Å²) in [4.78, 5) is 49.0. The first-order valence-electron chi connectivity index (χ1n) is 12.1. The molecule has 214 valence electrons. The summed E-state index contributed by atoms with van der Waals surface area (Å²) in [6.45, 7) is 3.82. The van der Waals surface area contributed by atoms with Crippen LogP contribution < -0.4 is 16.6 Å². The molecule has 0 aliphatic carbocycles. The minimum atomic E-state index is -1.29. The molecule has 1 aromatic heterocycles. The van der Waals surface area contributed by atoms with E-state index in [1.807, 2.05) is 0 Å². The van der Waals surface area contributed by atoms with E-state index in [2.05, 4.69) is 5.32 Å². The Morgan fingerprint density at radius 3 is 2.56 bits per heavy atom. The van der Waals surface area contributed by atoms with Gasteiger partial charge < -0.3 is 29.4 Å². The Morgan fingerprint density at radius 1 is 1.23 bits per heavy atom. The summed E-state index contributed by atoms with van der Waals surface area (Å²) in [5.74, 6) is -2.12. The number of nitrogens with one attached hydrogen (secondary N) is 1. The molecule has 0 unspecified atom stereocenters. The smallest absolute Gasteiger partial charge is 0.407 e. The van der Waals surface area contributed by atoms with Gasteiger partial charge in [-0.3, -0.25) is 14.2 Å². The van der Waals surface area contributed by atoms with Crippen LogP contribution in [0.25, 0.3) is 0 Å². The van der Waals surface area contributed by atoms with Gasteiger partial charge in [-0.25, -0.2) is 14.2 Å². The van der Waals surface area contributed by atoms with Gasteiger partial charge in [0.1, 0.15) is 17.9 Å². The first-order valence-corrected chi connectivity index (χ1v) is 12.5. The number of amides is 1. The van der Waals surface area contributed by atoms with Crippen molar-refractivity contribution in [3.63, 3.8) is 0 Å². The van der Waals surface area contributed by atoms with E-state index in [0.29, 0.717) is 15.8 Å². The number of ether oxygens (including phenoxy) is 4. The molecule has 0 saturated carbocycles. The zero-order valence-electron chi connectivity index (χ0n) is 21.7. The van der Waals surface area contributed by atoms with Crippen LogP contribution in [0.4, 0.5) is 9.18 Å². The van der Waals surface area contributed by atoms with Crippen LogP contribution in [0.3, 0.4) is 0 Å². The van der Waals surface area contributed by atoms with Gasteiger partial charge in [-0.1, -0.05) is 23.7 Å². The third kappa shape index (κ3) is 8.62. The maximum atomic E-state index is 14.5. The average molecular weight is 572 g/mol. The highest BCUT2D eigenvalue weighted by Crippen LogP contribution is 2.30. The van der Waals surface area contributed by atoms with Gasteiger partial charge in [0.2, 0.25) is 5.82 Å². The van der Waals surface area contributed by atoms with Gasteiger partial charge in [-0.2, -0.15) is 4.39 Å². The van der Waals surface area contributed by atoms with Crippen molar-refractivity contribution < 1.29 is 38.0 Å². The topological polar surface area (TPSA) is 147 Å². The fourth-order valence-corrected chi connectivity index (χ4v) is 3.82. The number of carbonyl (C=O) groups is 2. The molecule has 2 aromatic rings. The van der Waals surface area contributed by atoms with Crippen LogP contribution in [0, 0.1) is 5.82 Å². The molecule has 3 rings (SSSR count). The normalized spacial score (nSPS) is 19.1. The van der Waals surface area contributed by atoms with Crippen LogP contribution in [0.15, 0.2) is 40.1 Å². The highest BCUT2D eigenvalue weighted by atomic mass is 35.5. The molecule has 3 atom stereocenters. The van der Waals surface area contributed by atoms with E-state index in [1.165, 1.54) is 0 Å². The lowest BCUT2D eigenvalue weighted by Gasteiger charge is -2.19. The molecule has 1 aliphatic heterocycles. The van der Waals surface area contributed by atoms with E-state index >= 15 is 0 Å². The molecule has 2 N–H and O–H groups in total. The number of nitrogens with zero attached hydrogens (tertiary/aromatic N) is 2. The molecule has 0 spiro atoms. The zero-order valence-corrected chi connectivity index (χ0v) is 22.5. The summed E-state index contributed by atoms with van der Waals surface area (Å²) in [5, 5.41) is 12.7. The first-order chi connectivity index (χ1) is 18.4. The van der Waals surface area contributed by atoms with Crippen molar-refractivity contribution in [1.82, 2.24) is 14.5 Å². The van der Waals surface area contributed by atoms with Gasteiger partial charge in [0.05, 0.1) is 31.9 Å². The van der Waals surface area contributed by atoms with Crippen molar-refractivity contribution in [2.75, 3.05) is 13.2 Å². The molecular weight excluding hydrogens is 541 g/mol. The van der Waals surface area contributed by atoms with Crippen LogP contribution in [0.2, 0.25) is 5.02 Å². The van der Waals surface area contributed by atoms with Crippen molar-refractivity contribution in [2.45, 2.75) is 71.0 Å². The van der Waals surface area contributed by atoms with Crippen molar-refractivity contribution >= 4 is 23.7 Å². The fourth-order valence-electron chi connectivity index (χ4n) is 3.69. The van der Waals surface area contributed by atoms with E-state index < -0.39 is 66.5 Å². The Morgan fingerprint density at radius 2 is 1.92 bits per heavy atom. The third-order valence-electron chi connectivity index (χ3n) is 5.55. The van der Waals surface area contributed by atoms with Gasteiger partial charge in [0, 0.05) is 18.0 Å². The highest BCUT2D eigenvalue weighted by Gasteiger charge is 2.37. The number of aliphatic hydroxyl groups excluding tert-OH is 1. The van der Waals surface area contributed by atoms with Crippen LogP contribution in [-0.4, -0.2) is 57.3 Å². The molecule has 1 aromatic carbocycles. The maximum Gasteiger partial charge on any atom is 0.407 e. The number of esters is 1. The molecule has 1 amide bonds. The monoisotopic (exact) mass is 571 g/mol. The number of aliphatic hydroxyl groups is 1. The summed E-state index contributed by atoms with van der Waals surface area (Å²) in [5.41, 5.74) is -2.17. The summed E-state index contributed by atoms with van der Waals surface area (Å²) in [6.07, 6.45) is -2.74. The number of alkyl carbamates (subject to hydrolysis) is 1. The second kappa shape index (κ2) is 13.2. The minimum absolute atomic E-state index is 0.0759. The molecule has 39 heavy (non-hydrogen) atoms. The predicted octanol–water partition coefficient (Wildman–Crippen LogP) is 2.08. The summed E-state index contributed by atoms with van der Waals surface area (Å²) < 4.78 is 37.3. The molecule has 0 radical (unpaired) electrons. The lowest BCUT2D eigenvalue weighted by atomic mass is 10.1. The first kappa shape index (κ1) is 30.3. The molecule has 1 fully saturated rings. The van der Waals surface area contributed by atoms with E-state index in [4.69, 9.17) is 30.5 Å². The Hall–Kier alpha value is -3.26. The van der Waals surface area contributed by atoms with Crippen molar-refractivity contribution in [2.24, 2.45) is 0 Å². The number of halogens is 2. The number of benzene rings is 1. The highest BCUT2D eigenvalue weighted by molar-refractivity contribution is 6.30. The van der Waals surface area contributed by atoms with Crippen LogP contribution >= 0.6 is 11.6 Å². The van der Waals surface area contributed by atoms with Crippen molar-refractivity contribution in [3.05, 3.63) is 67.7 Å². The van der Waals surface area contributed by atoms with E-state index in [9.17, 15) is 28.7 Å². The van der Waals surface area contributed by atoms with Gasteiger partial charge >= 0.3 is 17.8 Å². The van der Waals surface area contributed by atoms with Crippen LogP contribution in [-0.2, 0) is 37.1 Å². The molecule has 0 bridgehead atoms. The molecule has 1 saturated heterocycles. The molecule has 2 heterocycles. The second-order valence-corrected chi connectivity index (χ2v) is 10.2. The lowest BCUT2D eigenvalue weighted by Crippen LogP contribution is -2.43. The van der Waals surface area contributed by atoms with Gasteiger partial charge in [-0.05, 0) is 38.5 Å². The molecule has 1 aliphatic rings. The largest absolute Gasteiger partial charge is 0.444 e. The van der Waals surface area contributed by atoms with Crippen LogP contribution in [0.1, 0.15) is 45.4 Å². The van der Waals surface area contributed by atoms with E-state index in [-0.39, 0.29) is 26.0 Å². The zero-order chi connectivity index (χ0) is 28.7. The molecular formula is C25H31ClFN3O9. The fraction of sp³-hybridized carbons (Fsp3) is 0.520. The Kier molecular flexibility index (Phi) is 10.2. The predicted molar refractivity (Wildman–Crippen MR) is 136 cm³/mol. The molecule has 12 nitrogen and oxygen atoms in total. The summed E-state index contributed by atoms with van der Waals surface area (Å²) in [6, 6.07) is 6.95. The number of carbonyl (C=O) groups excluding carboxylic acids is 2. The van der Waals surface area contributed by atoms with Crippen molar-refractivity contribution in [3.8, 4) is 0 Å². The Labute approximate surface area is 228 Å². The van der Waals surface area contributed by atoms with Gasteiger partial charge in [0.15, 0.2) is 6.73 Å². The summed E-state index contributed by atoms with van der Waals surface area (Å²) >= 11 is 5.89. The number of rotatable bonds is 10. The third-order valence-corrected chi connectivity index (χ3v) is 5.81. The van der Waals surface area contributed by atoms with Gasteiger partial charge in [-0.15, -0.1) is 0 Å². The standard InChI is InChI=1S/C25H31ClFN3O9/c1-25(2,3)39-23(34)28-9-8-21(32)37-14-30-22(33)17(27)11-29(24(30)35)20-10-18(19(12-31)38-20)36-13-15-4-6-16(26)7-5-15/h4-7,11,18-20,31H,8-10,12-14H2,1-3H3,(H,28,34)/t18-,19+,20+/m0/s1. The van der Waals surface area contributed by atoms with E-state index in [0.717, 1.165) is 10.1 Å². The second-order valence-electron chi connectivity index (χ2n) is 9.75. The number of hydrogen-bond acceptors (Lipinski definition) is 9. The SMILES string of the molecule is CC(C)(C)OC(=O)NCCC(=O)OCn1c(=O)c(F)cn([C@H]2C[C@H](OCc3ccc(Cl)cc3)[C@@H](CO)O2)c1=O. The number of hydrogen-bond donors (Lipinski definition) is 2.